The summed E-state index contributed by atoms with van der Waals surface area (Å²) in [5, 5.41) is 2.57. The summed E-state index contributed by atoms with van der Waals surface area (Å²) in [6.07, 6.45) is 0.888. The molecule has 9 heteroatoms. The van der Waals surface area contributed by atoms with Gasteiger partial charge < -0.3 is 19.5 Å². The lowest BCUT2D eigenvalue weighted by Gasteiger charge is -2.13. The highest BCUT2D eigenvalue weighted by Gasteiger charge is 2.19. The maximum atomic E-state index is 12.9. The van der Waals surface area contributed by atoms with Gasteiger partial charge in [0.05, 0.1) is 30.7 Å². The summed E-state index contributed by atoms with van der Waals surface area (Å²) >= 11 is 0. The van der Waals surface area contributed by atoms with Crippen molar-refractivity contribution in [2.45, 2.75) is 27.2 Å². The van der Waals surface area contributed by atoms with Gasteiger partial charge in [0.15, 0.2) is 18.1 Å². The first-order chi connectivity index (χ1) is 16.7. The highest BCUT2D eigenvalue weighted by atomic mass is 16.5. The summed E-state index contributed by atoms with van der Waals surface area (Å²) in [5.41, 5.74) is 1.20. The van der Waals surface area contributed by atoms with Gasteiger partial charge in [-0.15, -0.1) is 0 Å². The van der Waals surface area contributed by atoms with Gasteiger partial charge in [0, 0.05) is 7.05 Å². The standard InChI is InChI=1S/C26H31N3O6/c1-17(2)13-14-34-21-12-11-19(15-22(21)33-5)26(32)35-16-23(30)27-24-18(3)28(4)29(25(24)31)20-9-7-6-8-10-20/h6-12,15,17H,13-14,16H2,1-5H3,(H,27,30). The van der Waals surface area contributed by atoms with Crippen LogP contribution >= 0.6 is 0 Å². The van der Waals surface area contributed by atoms with E-state index in [1.807, 2.05) is 18.2 Å². The Hall–Kier alpha value is -4.01. The first-order valence-electron chi connectivity index (χ1n) is 11.3. The lowest BCUT2D eigenvalue weighted by atomic mass is 10.1. The molecule has 0 aliphatic rings. The predicted octanol–water partition coefficient (Wildman–Crippen LogP) is 3.71. The van der Waals surface area contributed by atoms with Crippen LogP contribution < -0.4 is 20.3 Å². The van der Waals surface area contributed by atoms with E-state index >= 15 is 0 Å². The summed E-state index contributed by atoms with van der Waals surface area (Å²) in [6.45, 7) is 5.91. The number of carbonyl (C=O) groups is 2. The van der Waals surface area contributed by atoms with Gasteiger partial charge in [-0.25, -0.2) is 9.48 Å². The summed E-state index contributed by atoms with van der Waals surface area (Å²) < 4.78 is 19.3. The highest BCUT2D eigenvalue weighted by molar-refractivity contribution is 5.96. The Morgan fingerprint density at radius 1 is 1.06 bits per heavy atom. The number of ether oxygens (including phenoxy) is 3. The first-order valence-corrected chi connectivity index (χ1v) is 11.3. The van der Waals surface area contributed by atoms with Crippen LogP contribution in [-0.4, -0.2) is 41.6 Å². The fourth-order valence-electron chi connectivity index (χ4n) is 3.42. The number of nitrogens with zero attached hydrogens (tertiary/aromatic N) is 2. The van der Waals surface area contributed by atoms with E-state index in [0.717, 1.165) is 6.42 Å². The second kappa shape index (κ2) is 11.4. The van der Waals surface area contributed by atoms with Crippen LogP contribution in [0.1, 0.15) is 36.3 Å². The van der Waals surface area contributed by atoms with Crippen molar-refractivity contribution in [3.8, 4) is 17.2 Å². The summed E-state index contributed by atoms with van der Waals surface area (Å²) in [4.78, 5) is 37.9. The van der Waals surface area contributed by atoms with Gasteiger partial charge in [-0.2, -0.15) is 0 Å². The van der Waals surface area contributed by atoms with Crippen molar-refractivity contribution < 1.29 is 23.8 Å². The maximum Gasteiger partial charge on any atom is 0.338 e. The molecule has 0 unspecified atom stereocenters. The molecular formula is C26H31N3O6. The topological polar surface area (TPSA) is 101 Å². The number of methoxy groups -OCH3 is 1. The van der Waals surface area contributed by atoms with Crippen LogP contribution in [0.25, 0.3) is 5.69 Å². The number of esters is 1. The highest BCUT2D eigenvalue weighted by Crippen LogP contribution is 2.28. The molecule has 1 heterocycles. The van der Waals surface area contributed by atoms with E-state index in [1.54, 1.807) is 42.9 Å². The number of amides is 1. The van der Waals surface area contributed by atoms with Crippen LogP contribution in [0.15, 0.2) is 53.3 Å². The van der Waals surface area contributed by atoms with Crippen molar-refractivity contribution in [3.63, 3.8) is 0 Å². The van der Waals surface area contributed by atoms with Crippen molar-refractivity contribution in [2.24, 2.45) is 13.0 Å². The van der Waals surface area contributed by atoms with E-state index in [2.05, 4.69) is 19.2 Å². The van der Waals surface area contributed by atoms with Gasteiger partial charge >= 0.3 is 5.97 Å². The quantitative estimate of drug-likeness (QED) is 0.443. The smallest absolute Gasteiger partial charge is 0.338 e. The van der Waals surface area contributed by atoms with E-state index in [0.29, 0.717) is 35.4 Å². The number of nitrogens with one attached hydrogen (secondary N) is 1. The van der Waals surface area contributed by atoms with Gasteiger partial charge in [-0.3, -0.25) is 14.3 Å². The molecule has 1 aromatic heterocycles. The molecule has 1 N–H and O–H groups in total. The number of anilines is 1. The molecule has 9 nitrogen and oxygen atoms in total. The largest absolute Gasteiger partial charge is 0.493 e. The number of aromatic nitrogens is 2. The van der Waals surface area contributed by atoms with Crippen molar-refractivity contribution in [1.29, 1.82) is 0 Å². The summed E-state index contributed by atoms with van der Waals surface area (Å²) in [6, 6.07) is 13.8. The number of rotatable bonds is 10. The molecule has 186 valence electrons. The van der Waals surface area contributed by atoms with Gasteiger partial charge in [-0.1, -0.05) is 32.0 Å². The van der Waals surface area contributed by atoms with Crippen molar-refractivity contribution in [3.05, 3.63) is 70.1 Å². The Labute approximate surface area is 204 Å². The number of hydrogen-bond acceptors (Lipinski definition) is 6. The van der Waals surface area contributed by atoms with E-state index in [9.17, 15) is 14.4 Å². The van der Waals surface area contributed by atoms with Crippen LogP contribution in [0.4, 0.5) is 5.69 Å². The van der Waals surface area contributed by atoms with Crippen LogP contribution in [0, 0.1) is 12.8 Å². The van der Waals surface area contributed by atoms with Crippen molar-refractivity contribution >= 4 is 17.6 Å². The molecule has 0 saturated carbocycles. The van der Waals surface area contributed by atoms with Crippen LogP contribution in [-0.2, 0) is 16.6 Å². The molecule has 3 aromatic rings. The van der Waals surface area contributed by atoms with Gasteiger partial charge in [0.2, 0.25) is 0 Å². The van der Waals surface area contributed by atoms with Crippen molar-refractivity contribution in [1.82, 2.24) is 9.36 Å². The third-order valence-electron chi connectivity index (χ3n) is 5.51. The van der Waals surface area contributed by atoms with E-state index in [4.69, 9.17) is 14.2 Å². The second-order valence-corrected chi connectivity index (χ2v) is 8.46. The number of para-hydroxylation sites is 1. The number of carbonyl (C=O) groups excluding carboxylic acids is 2. The van der Waals surface area contributed by atoms with Crippen LogP contribution in [0.3, 0.4) is 0 Å². The van der Waals surface area contributed by atoms with Gasteiger partial charge in [-0.05, 0) is 49.6 Å². The average molecular weight is 482 g/mol. The molecule has 2 aromatic carbocycles. The first kappa shape index (κ1) is 25.6. The van der Waals surface area contributed by atoms with E-state index < -0.39 is 18.5 Å². The third kappa shape index (κ3) is 6.11. The van der Waals surface area contributed by atoms with E-state index in [1.165, 1.54) is 17.9 Å². The molecule has 0 spiro atoms. The minimum atomic E-state index is -0.696. The lowest BCUT2D eigenvalue weighted by Crippen LogP contribution is -2.25. The normalized spacial score (nSPS) is 10.8. The van der Waals surface area contributed by atoms with Gasteiger partial charge in [0.25, 0.3) is 11.5 Å². The molecule has 0 saturated heterocycles. The Balaban J connectivity index is 1.64. The Bertz CT molecular complexity index is 1240. The third-order valence-corrected chi connectivity index (χ3v) is 5.51. The van der Waals surface area contributed by atoms with Crippen molar-refractivity contribution in [2.75, 3.05) is 25.6 Å². The van der Waals surface area contributed by atoms with Crippen LogP contribution in [0.2, 0.25) is 0 Å². The average Bonchev–Trinajstić information content (AvgIpc) is 3.05. The minimum Gasteiger partial charge on any atom is -0.493 e. The zero-order valence-electron chi connectivity index (χ0n) is 20.7. The predicted molar refractivity (Wildman–Crippen MR) is 133 cm³/mol. The van der Waals surface area contributed by atoms with Crippen LogP contribution in [0.5, 0.6) is 11.5 Å². The number of benzene rings is 2. The molecule has 1 amide bonds. The van der Waals surface area contributed by atoms with E-state index in [-0.39, 0.29) is 16.8 Å². The van der Waals surface area contributed by atoms with Gasteiger partial charge in [0.1, 0.15) is 5.69 Å². The number of hydrogen-bond donors (Lipinski definition) is 1. The molecule has 0 bridgehead atoms. The minimum absolute atomic E-state index is 0.127. The lowest BCUT2D eigenvalue weighted by molar-refractivity contribution is -0.119. The summed E-state index contributed by atoms with van der Waals surface area (Å²) in [7, 11) is 3.21. The Morgan fingerprint density at radius 2 is 1.77 bits per heavy atom. The summed E-state index contributed by atoms with van der Waals surface area (Å²) in [5.74, 6) is 0.108. The molecule has 0 aliphatic heterocycles. The Kier molecular flexibility index (Phi) is 8.35. The molecule has 0 atom stereocenters. The second-order valence-electron chi connectivity index (χ2n) is 8.46. The molecule has 0 fully saturated rings. The Morgan fingerprint density at radius 3 is 2.43 bits per heavy atom. The molecule has 35 heavy (non-hydrogen) atoms. The zero-order chi connectivity index (χ0) is 25.5. The molecule has 0 radical (unpaired) electrons. The zero-order valence-corrected chi connectivity index (χ0v) is 20.7. The monoisotopic (exact) mass is 481 g/mol. The molecule has 0 aliphatic carbocycles. The fourth-order valence-corrected chi connectivity index (χ4v) is 3.42. The molecule has 3 rings (SSSR count). The molecular weight excluding hydrogens is 450 g/mol. The SMILES string of the molecule is COc1cc(C(=O)OCC(=O)Nc2c(C)n(C)n(-c3ccccc3)c2=O)ccc1OCCC(C)C. The maximum absolute atomic E-state index is 12.9. The fraction of sp³-hybridized carbons (Fsp3) is 0.346.